The Balaban J connectivity index is 2.39. The molecule has 1 aliphatic rings. The third-order valence-electron chi connectivity index (χ3n) is 2.96. The molecular weight excluding hydrogens is 132 g/mol. The van der Waals surface area contributed by atoms with Crippen molar-refractivity contribution in [3.63, 3.8) is 0 Å². The van der Waals surface area contributed by atoms with Gasteiger partial charge in [0.25, 0.3) is 0 Å². The fraction of sp³-hybridized carbons (Fsp3) is 0.818. The van der Waals surface area contributed by atoms with Crippen molar-refractivity contribution in [1.29, 1.82) is 0 Å². The third-order valence-corrected chi connectivity index (χ3v) is 2.96. The van der Waals surface area contributed by atoms with Crippen molar-refractivity contribution in [2.75, 3.05) is 0 Å². The Morgan fingerprint density at radius 1 is 1.45 bits per heavy atom. The number of hydrogen-bond acceptors (Lipinski definition) is 0. The highest BCUT2D eigenvalue weighted by atomic mass is 14.3. The molecular formula is C11H20. The normalized spacial score (nSPS) is 30.7. The van der Waals surface area contributed by atoms with Crippen LogP contribution in [0.5, 0.6) is 0 Å². The highest BCUT2D eigenvalue weighted by Gasteiger charge is 2.24. The maximum Gasteiger partial charge on any atom is -0.0180 e. The quantitative estimate of drug-likeness (QED) is 0.540. The van der Waals surface area contributed by atoms with Crippen LogP contribution in [0.2, 0.25) is 0 Å². The Morgan fingerprint density at radius 3 is 2.64 bits per heavy atom. The van der Waals surface area contributed by atoms with Gasteiger partial charge in [-0.3, -0.25) is 0 Å². The van der Waals surface area contributed by atoms with Crippen LogP contribution in [0, 0.1) is 11.8 Å². The van der Waals surface area contributed by atoms with Gasteiger partial charge in [-0.1, -0.05) is 45.3 Å². The van der Waals surface area contributed by atoms with E-state index in [2.05, 4.69) is 20.4 Å². The van der Waals surface area contributed by atoms with Gasteiger partial charge in [0.05, 0.1) is 0 Å². The summed E-state index contributed by atoms with van der Waals surface area (Å²) in [5.74, 6) is 1.77. The molecule has 1 aliphatic carbocycles. The van der Waals surface area contributed by atoms with Crippen LogP contribution in [0.3, 0.4) is 0 Å². The van der Waals surface area contributed by atoms with Crippen molar-refractivity contribution in [1.82, 2.24) is 0 Å². The highest BCUT2D eigenvalue weighted by molar-refractivity contribution is 5.04. The highest BCUT2D eigenvalue weighted by Crippen LogP contribution is 2.37. The summed E-state index contributed by atoms with van der Waals surface area (Å²) in [4.78, 5) is 0. The minimum atomic E-state index is 0.856. The molecule has 0 N–H and O–H groups in total. The predicted molar refractivity (Wildman–Crippen MR) is 50.6 cm³/mol. The second-order valence-corrected chi connectivity index (χ2v) is 3.92. The maximum absolute atomic E-state index is 4.18. The second kappa shape index (κ2) is 3.94. The SMILES string of the molecule is C=C(CCC)[C@H]1CCC[C@H]1C. The third kappa shape index (κ3) is 2.08. The molecule has 1 rings (SSSR count). The monoisotopic (exact) mass is 152 g/mol. The van der Waals surface area contributed by atoms with Crippen LogP contribution in [0.25, 0.3) is 0 Å². The van der Waals surface area contributed by atoms with Crippen molar-refractivity contribution >= 4 is 0 Å². The first-order valence-corrected chi connectivity index (χ1v) is 4.93. The van der Waals surface area contributed by atoms with Crippen LogP contribution in [0.1, 0.15) is 46.0 Å². The van der Waals surface area contributed by atoms with Gasteiger partial charge < -0.3 is 0 Å². The lowest BCUT2D eigenvalue weighted by Gasteiger charge is -2.17. The molecule has 0 aromatic heterocycles. The molecule has 0 aliphatic heterocycles. The molecule has 0 radical (unpaired) electrons. The predicted octanol–water partition coefficient (Wildman–Crippen LogP) is 3.78. The lowest BCUT2D eigenvalue weighted by molar-refractivity contribution is 0.467. The van der Waals surface area contributed by atoms with Gasteiger partial charge in [0.1, 0.15) is 0 Å². The van der Waals surface area contributed by atoms with Crippen LogP contribution in [-0.2, 0) is 0 Å². The Kier molecular flexibility index (Phi) is 3.16. The largest absolute Gasteiger partial charge is 0.0996 e. The maximum atomic E-state index is 4.18. The van der Waals surface area contributed by atoms with E-state index in [0.29, 0.717) is 0 Å². The number of allylic oxidation sites excluding steroid dienone is 1. The zero-order chi connectivity index (χ0) is 8.27. The molecule has 0 heterocycles. The van der Waals surface area contributed by atoms with Crippen molar-refractivity contribution in [2.45, 2.75) is 46.0 Å². The molecule has 0 aromatic rings. The number of rotatable bonds is 3. The van der Waals surface area contributed by atoms with Crippen LogP contribution in [0.15, 0.2) is 12.2 Å². The Hall–Kier alpha value is -0.260. The zero-order valence-electron chi connectivity index (χ0n) is 7.90. The van der Waals surface area contributed by atoms with E-state index in [1.165, 1.54) is 37.7 Å². The van der Waals surface area contributed by atoms with Crippen LogP contribution < -0.4 is 0 Å². The summed E-state index contributed by atoms with van der Waals surface area (Å²) in [6, 6.07) is 0. The van der Waals surface area contributed by atoms with Gasteiger partial charge in [-0.05, 0) is 24.7 Å². The smallest absolute Gasteiger partial charge is 0.0180 e. The molecule has 1 fully saturated rings. The topological polar surface area (TPSA) is 0 Å². The molecule has 2 atom stereocenters. The van der Waals surface area contributed by atoms with Gasteiger partial charge in [-0.25, -0.2) is 0 Å². The molecule has 11 heavy (non-hydrogen) atoms. The molecule has 0 unspecified atom stereocenters. The summed E-state index contributed by atoms with van der Waals surface area (Å²) in [7, 11) is 0. The lowest BCUT2D eigenvalue weighted by Crippen LogP contribution is -2.06. The molecule has 64 valence electrons. The van der Waals surface area contributed by atoms with E-state index in [1.54, 1.807) is 0 Å². The van der Waals surface area contributed by atoms with Crippen molar-refractivity contribution in [2.24, 2.45) is 11.8 Å². The fourth-order valence-corrected chi connectivity index (χ4v) is 2.26. The first-order valence-electron chi connectivity index (χ1n) is 4.93. The van der Waals surface area contributed by atoms with E-state index in [0.717, 1.165) is 11.8 Å². The second-order valence-electron chi connectivity index (χ2n) is 3.92. The van der Waals surface area contributed by atoms with Gasteiger partial charge in [0, 0.05) is 0 Å². The van der Waals surface area contributed by atoms with Gasteiger partial charge in [-0.15, -0.1) is 0 Å². The summed E-state index contributed by atoms with van der Waals surface area (Å²) in [5.41, 5.74) is 1.51. The van der Waals surface area contributed by atoms with Crippen LogP contribution in [0.4, 0.5) is 0 Å². The first-order chi connectivity index (χ1) is 5.25. The van der Waals surface area contributed by atoms with Crippen molar-refractivity contribution in [3.05, 3.63) is 12.2 Å². The van der Waals surface area contributed by atoms with E-state index in [9.17, 15) is 0 Å². The summed E-state index contributed by atoms with van der Waals surface area (Å²) in [6.45, 7) is 8.79. The Morgan fingerprint density at radius 2 is 2.18 bits per heavy atom. The standard InChI is InChI=1S/C11H20/c1-4-6-9(2)11-8-5-7-10(11)3/h10-11H,2,4-8H2,1,3H3/t10-,11-/m1/s1. The molecule has 0 spiro atoms. The minimum absolute atomic E-state index is 0.856. The van der Waals surface area contributed by atoms with Crippen LogP contribution >= 0.6 is 0 Å². The summed E-state index contributed by atoms with van der Waals surface area (Å²) >= 11 is 0. The fourth-order valence-electron chi connectivity index (χ4n) is 2.26. The van der Waals surface area contributed by atoms with Crippen molar-refractivity contribution < 1.29 is 0 Å². The molecule has 0 saturated heterocycles. The molecule has 0 amide bonds. The van der Waals surface area contributed by atoms with E-state index in [4.69, 9.17) is 0 Å². The van der Waals surface area contributed by atoms with Gasteiger partial charge >= 0.3 is 0 Å². The minimum Gasteiger partial charge on any atom is -0.0996 e. The summed E-state index contributed by atoms with van der Waals surface area (Å²) in [5, 5.41) is 0. The Bertz CT molecular complexity index is 135. The van der Waals surface area contributed by atoms with Gasteiger partial charge in [0.15, 0.2) is 0 Å². The molecule has 0 bridgehead atoms. The van der Waals surface area contributed by atoms with E-state index < -0.39 is 0 Å². The average molecular weight is 152 g/mol. The van der Waals surface area contributed by atoms with Crippen molar-refractivity contribution in [3.8, 4) is 0 Å². The number of hydrogen-bond donors (Lipinski definition) is 0. The van der Waals surface area contributed by atoms with Gasteiger partial charge in [0.2, 0.25) is 0 Å². The summed E-state index contributed by atoms with van der Waals surface area (Å²) < 4.78 is 0. The first kappa shape index (κ1) is 8.83. The molecule has 1 saturated carbocycles. The zero-order valence-corrected chi connectivity index (χ0v) is 7.90. The lowest BCUT2D eigenvalue weighted by atomic mass is 9.88. The van der Waals surface area contributed by atoms with E-state index in [1.807, 2.05) is 0 Å². The molecule has 0 nitrogen and oxygen atoms in total. The van der Waals surface area contributed by atoms with Gasteiger partial charge in [-0.2, -0.15) is 0 Å². The van der Waals surface area contributed by atoms with E-state index in [-0.39, 0.29) is 0 Å². The van der Waals surface area contributed by atoms with Crippen LogP contribution in [-0.4, -0.2) is 0 Å². The summed E-state index contributed by atoms with van der Waals surface area (Å²) in [6.07, 6.45) is 6.76. The van der Waals surface area contributed by atoms with E-state index >= 15 is 0 Å². The molecule has 0 aromatic carbocycles. The Labute approximate surface area is 70.7 Å². The molecule has 0 heteroatoms. The average Bonchev–Trinajstić information content (AvgIpc) is 2.36.